The Balaban J connectivity index is 2.07. The van der Waals surface area contributed by atoms with Crippen LogP contribution in [0.1, 0.15) is 43.4 Å². The van der Waals surface area contributed by atoms with E-state index in [0.29, 0.717) is 11.8 Å². The summed E-state index contributed by atoms with van der Waals surface area (Å²) in [6.45, 7) is 2.33. The lowest BCUT2D eigenvalue weighted by Gasteiger charge is -2.20. The van der Waals surface area contributed by atoms with Gasteiger partial charge in [-0.15, -0.1) is 11.8 Å². The Morgan fingerprint density at radius 3 is 2.52 bits per heavy atom. The fraction of sp³-hybridized carbons (Fsp3) is 0.500. The molecular weight excluding hydrogens is 284 g/mol. The van der Waals surface area contributed by atoms with Gasteiger partial charge in [-0.2, -0.15) is 0 Å². The number of carbonyl (C=O) groups excluding carboxylic acids is 2. The van der Waals surface area contributed by atoms with Gasteiger partial charge in [0.15, 0.2) is 0 Å². The zero-order chi connectivity index (χ0) is 15.1. The van der Waals surface area contributed by atoms with Crippen LogP contribution in [0, 0.1) is 0 Å². The Bertz CT molecular complexity index is 472. The molecule has 0 aromatic heterocycles. The molecule has 114 valence electrons. The van der Waals surface area contributed by atoms with Crippen molar-refractivity contribution in [3.8, 4) is 0 Å². The lowest BCUT2D eigenvalue weighted by Crippen LogP contribution is -2.41. The molecule has 0 spiro atoms. The summed E-state index contributed by atoms with van der Waals surface area (Å²) in [5, 5.41) is 5.23. The first-order valence-electron chi connectivity index (χ1n) is 7.49. The fourth-order valence-corrected chi connectivity index (χ4v) is 4.01. The van der Waals surface area contributed by atoms with Crippen molar-refractivity contribution >= 4 is 23.7 Å². The van der Waals surface area contributed by atoms with Crippen molar-refractivity contribution < 1.29 is 9.59 Å². The van der Waals surface area contributed by atoms with Crippen molar-refractivity contribution in [3.05, 3.63) is 35.9 Å². The number of carbonyl (C=O) groups is 2. The van der Waals surface area contributed by atoms with Gasteiger partial charge in [0.05, 0.1) is 0 Å². The van der Waals surface area contributed by atoms with Crippen LogP contribution in [0.15, 0.2) is 30.3 Å². The van der Waals surface area contributed by atoms with Crippen LogP contribution in [-0.4, -0.2) is 23.7 Å². The molecule has 1 fully saturated rings. The molecule has 3 amide bonds. The highest BCUT2D eigenvalue weighted by atomic mass is 32.2. The first-order valence-corrected chi connectivity index (χ1v) is 8.44. The number of benzene rings is 1. The van der Waals surface area contributed by atoms with Crippen LogP contribution in [0.4, 0.5) is 4.79 Å². The summed E-state index contributed by atoms with van der Waals surface area (Å²) in [6.07, 6.45) is 4.78. The average molecular weight is 306 g/mol. The largest absolute Gasteiger partial charge is 0.338 e. The van der Waals surface area contributed by atoms with Gasteiger partial charge in [0.1, 0.15) is 5.25 Å². The number of hydrogen-bond acceptors (Lipinski definition) is 3. The number of nitrogens with one attached hydrogen (secondary N) is 2. The molecule has 0 heterocycles. The molecule has 4 nitrogen and oxygen atoms in total. The van der Waals surface area contributed by atoms with Crippen LogP contribution >= 0.6 is 11.8 Å². The van der Waals surface area contributed by atoms with Gasteiger partial charge in [-0.25, -0.2) is 4.79 Å². The SMILES string of the molecule is CCNC(=O)NC(=O)[C@H](SC1CCCC1)c1ccccc1. The monoisotopic (exact) mass is 306 g/mol. The predicted octanol–water partition coefficient (Wildman–Crippen LogP) is 3.25. The Morgan fingerprint density at radius 2 is 1.90 bits per heavy atom. The molecule has 1 aliphatic rings. The van der Waals surface area contributed by atoms with Crippen molar-refractivity contribution in [2.24, 2.45) is 0 Å². The lowest BCUT2D eigenvalue weighted by atomic mass is 10.1. The summed E-state index contributed by atoms with van der Waals surface area (Å²) in [6, 6.07) is 9.26. The minimum Gasteiger partial charge on any atom is -0.338 e. The Hall–Kier alpha value is -1.49. The Kier molecular flexibility index (Phi) is 6.11. The smallest absolute Gasteiger partial charge is 0.321 e. The molecule has 1 aromatic rings. The highest BCUT2D eigenvalue weighted by Gasteiger charge is 2.28. The van der Waals surface area contributed by atoms with E-state index in [0.717, 1.165) is 18.4 Å². The normalized spacial score (nSPS) is 16.4. The van der Waals surface area contributed by atoms with E-state index in [1.807, 2.05) is 37.3 Å². The molecule has 0 bridgehead atoms. The molecule has 1 saturated carbocycles. The highest BCUT2D eigenvalue weighted by molar-refractivity contribution is 8.00. The van der Waals surface area contributed by atoms with Gasteiger partial charge in [-0.05, 0) is 25.3 Å². The van der Waals surface area contributed by atoms with E-state index >= 15 is 0 Å². The van der Waals surface area contributed by atoms with Crippen molar-refractivity contribution in [2.45, 2.75) is 43.1 Å². The van der Waals surface area contributed by atoms with Gasteiger partial charge in [0, 0.05) is 11.8 Å². The summed E-state index contributed by atoms with van der Waals surface area (Å²) in [5.74, 6) is -0.232. The van der Waals surface area contributed by atoms with Crippen molar-refractivity contribution in [3.63, 3.8) is 0 Å². The van der Waals surface area contributed by atoms with E-state index in [2.05, 4.69) is 10.6 Å². The number of imide groups is 1. The molecule has 2 rings (SSSR count). The third kappa shape index (κ3) is 4.77. The molecule has 0 unspecified atom stereocenters. The minimum absolute atomic E-state index is 0.232. The van der Waals surface area contributed by atoms with E-state index in [1.54, 1.807) is 11.8 Å². The third-order valence-corrected chi connectivity index (χ3v) is 5.16. The van der Waals surface area contributed by atoms with Crippen LogP contribution in [0.5, 0.6) is 0 Å². The molecule has 5 heteroatoms. The maximum absolute atomic E-state index is 12.4. The molecule has 0 aliphatic heterocycles. The molecule has 0 saturated heterocycles. The zero-order valence-corrected chi connectivity index (χ0v) is 13.1. The van der Waals surface area contributed by atoms with Crippen molar-refractivity contribution in [2.75, 3.05) is 6.54 Å². The topological polar surface area (TPSA) is 58.2 Å². The summed E-state index contributed by atoms with van der Waals surface area (Å²) in [7, 11) is 0. The van der Waals surface area contributed by atoms with Crippen LogP contribution in [-0.2, 0) is 4.79 Å². The zero-order valence-electron chi connectivity index (χ0n) is 12.3. The second-order valence-corrected chi connectivity index (χ2v) is 6.59. The van der Waals surface area contributed by atoms with Crippen LogP contribution in [0.2, 0.25) is 0 Å². The molecule has 1 aliphatic carbocycles. The summed E-state index contributed by atoms with van der Waals surface area (Å²) in [5.41, 5.74) is 0.955. The van der Waals surface area contributed by atoms with Crippen LogP contribution < -0.4 is 10.6 Å². The predicted molar refractivity (Wildman–Crippen MR) is 86.2 cm³/mol. The van der Waals surface area contributed by atoms with Gasteiger partial charge < -0.3 is 5.32 Å². The first kappa shape index (κ1) is 15.9. The first-order chi connectivity index (χ1) is 10.2. The summed E-state index contributed by atoms with van der Waals surface area (Å²) >= 11 is 1.68. The van der Waals surface area contributed by atoms with E-state index in [9.17, 15) is 9.59 Å². The van der Waals surface area contributed by atoms with Crippen LogP contribution in [0.25, 0.3) is 0 Å². The molecule has 21 heavy (non-hydrogen) atoms. The maximum atomic E-state index is 12.4. The number of hydrogen-bond donors (Lipinski definition) is 2. The van der Waals surface area contributed by atoms with E-state index < -0.39 is 6.03 Å². The molecular formula is C16H22N2O2S. The molecule has 1 aromatic carbocycles. The number of rotatable bonds is 5. The lowest BCUT2D eigenvalue weighted by molar-refractivity contribution is -0.119. The van der Waals surface area contributed by atoms with Gasteiger partial charge in [-0.3, -0.25) is 10.1 Å². The van der Waals surface area contributed by atoms with Crippen LogP contribution in [0.3, 0.4) is 0 Å². The average Bonchev–Trinajstić information content (AvgIpc) is 2.99. The molecule has 0 radical (unpaired) electrons. The van der Waals surface area contributed by atoms with Gasteiger partial charge in [0.25, 0.3) is 0 Å². The second kappa shape index (κ2) is 8.08. The van der Waals surface area contributed by atoms with Gasteiger partial charge >= 0.3 is 6.03 Å². The summed E-state index contributed by atoms with van der Waals surface area (Å²) in [4.78, 5) is 24.0. The van der Waals surface area contributed by atoms with Gasteiger partial charge in [-0.1, -0.05) is 43.2 Å². The molecule has 1 atom stereocenters. The number of thioether (sulfide) groups is 1. The minimum atomic E-state index is -0.421. The van der Waals surface area contributed by atoms with E-state index in [-0.39, 0.29) is 11.2 Å². The van der Waals surface area contributed by atoms with Crippen molar-refractivity contribution in [1.82, 2.24) is 10.6 Å². The van der Waals surface area contributed by atoms with E-state index in [1.165, 1.54) is 12.8 Å². The van der Waals surface area contributed by atoms with Crippen molar-refractivity contribution in [1.29, 1.82) is 0 Å². The maximum Gasteiger partial charge on any atom is 0.321 e. The Morgan fingerprint density at radius 1 is 1.24 bits per heavy atom. The third-order valence-electron chi connectivity index (χ3n) is 3.55. The van der Waals surface area contributed by atoms with Gasteiger partial charge in [0.2, 0.25) is 5.91 Å². The summed E-state index contributed by atoms with van der Waals surface area (Å²) < 4.78 is 0. The van der Waals surface area contributed by atoms with E-state index in [4.69, 9.17) is 0 Å². The number of urea groups is 1. The number of amides is 3. The second-order valence-electron chi connectivity index (χ2n) is 5.18. The standard InChI is InChI=1S/C16H22N2O2S/c1-2-17-16(20)18-15(19)14(12-8-4-3-5-9-12)21-13-10-6-7-11-13/h3-5,8-9,13-14H,2,6-7,10-11H2,1H3,(H2,17,18,19,20)/t14-/m1/s1. The highest BCUT2D eigenvalue weighted by Crippen LogP contribution is 2.39. The quantitative estimate of drug-likeness (QED) is 0.878. The fourth-order valence-electron chi connectivity index (χ4n) is 2.52. The Labute approximate surface area is 130 Å². The molecule has 2 N–H and O–H groups in total.